The largest absolute Gasteiger partial charge is 0.459 e. The Morgan fingerprint density at radius 2 is 2.08 bits per heavy atom. The van der Waals surface area contributed by atoms with Crippen molar-refractivity contribution in [3.8, 4) is 0 Å². The number of rotatable bonds is 2. The maximum Gasteiger partial charge on any atom is 0.336 e. The zero-order chi connectivity index (χ0) is 18.6. The fraction of sp³-hybridized carbons (Fsp3) is 0.700. The average molecular weight is 348 g/mol. The lowest BCUT2D eigenvalue weighted by molar-refractivity contribution is -0.209. The molecular formula is C20H28O5. The Bertz CT molecular complexity index is 676. The summed E-state index contributed by atoms with van der Waals surface area (Å²) in [6, 6.07) is 0. The van der Waals surface area contributed by atoms with Crippen molar-refractivity contribution in [2.75, 3.05) is 0 Å². The first kappa shape index (κ1) is 18.2. The van der Waals surface area contributed by atoms with Gasteiger partial charge in [-0.05, 0) is 57.3 Å². The molecule has 1 N–H and O–H groups in total. The monoisotopic (exact) mass is 348 g/mol. The highest BCUT2D eigenvalue weighted by molar-refractivity contribution is 5.92. The first-order valence-corrected chi connectivity index (χ1v) is 9.10. The molecule has 2 fully saturated rings. The number of ether oxygens (including phenoxy) is 2. The van der Waals surface area contributed by atoms with Crippen molar-refractivity contribution in [1.29, 1.82) is 0 Å². The first-order chi connectivity index (χ1) is 11.6. The average Bonchev–Trinajstić information content (AvgIpc) is 2.75. The van der Waals surface area contributed by atoms with Crippen LogP contribution in [-0.4, -0.2) is 28.9 Å². The van der Waals surface area contributed by atoms with Crippen LogP contribution in [0.1, 0.15) is 60.3 Å². The van der Waals surface area contributed by atoms with E-state index >= 15 is 0 Å². The van der Waals surface area contributed by atoms with E-state index in [1.54, 1.807) is 19.9 Å². The van der Waals surface area contributed by atoms with E-state index in [9.17, 15) is 14.7 Å². The topological polar surface area (TPSA) is 72.8 Å². The van der Waals surface area contributed by atoms with Gasteiger partial charge in [0.1, 0.15) is 6.10 Å². The zero-order valence-electron chi connectivity index (χ0n) is 15.7. The van der Waals surface area contributed by atoms with Gasteiger partial charge in [0.2, 0.25) is 5.79 Å². The Kier molecular flexibility index (Phi) is 4.34. The Hall–Kier alpha value is -1.62. The molecule has 2 saturated carbocycles. The highest BCUT2D eigenvalue weighted by Gasteiger charge is 2.58. The predicted octanol–water partition coefficient (Wildman–Crippen LogP) is 3.27. The van der Waals surface area contributed by atoms with Crippen LogP contribution >= 0.6 is 0 Å². The highest BCUT2D eigenvalue weighted by Crippen LogP contribution is 2.59. The fourth-order valence-electron chi connectivity index (χ4n) is 4.70. The van der Waals surface area contributed by atoms with E-state index in [4.69, 9.17) is 9.47 Å². The van der Waals surface area contributed by atoms with Crippen molar-refractivity contribution in [1.82, 2.24) is 0 Å². The SMILES string of the molecule is CC=C(C)C(=O)OC1CC(C)C2(C)CC3=C(C)C(=O)OC3(O)CC2C1. The Balaban J connectivity index is 1.83. The normalized spacial score (nSPS) is 41.1. The van der Waals surface area contributed by atoms with Crippen molar-refractivity contribution < 1.29 is 24.2 Å². The van der Waals surface area contributed by atoms with Gasteiger partial charge in [-0.2, -0.15) is 0 Å². The van der Waals surface area contributed by atoms with Crippen LogP contribution in [0.2, 0.25) is 0 Å². The summed E-state index contributed by atoms with van der Waals surface area (Å²) >= 11 is 0. The summed E-state index contributed by atoms with van der Waals surface area (Å²) in [5.41, 5.74) is 1.86. The molecule has 0 bridgehead atoms. The number of hydrogen-bond acceptors (Lipinski definition) is 5. The van der Waals surface area contributed by atoms with Gasteiger partial charge in [-0.3, -0.25) is 0 Å². The Morgan fingerprint density at radius 3 is 2.72 bits per heavy atom. The maximum absolute atomic E-state index is 12.1. The van der Waals surface area contributed by atoms with Crippen LogP contribution in [0.15, 0.2) is 22.8 Å². The molecule has 138 valence electrons. The summed E-state index contributed by atoms with van der Waals surface area (Å²) in [4.78, 5) is 24.0. The smallest absolute Gasteiger partial charge is 0.336 e. The van der Waals surface area contributed by atoms with Crippen LogP contribution in [0.4, 0.5) is 0 Å². The lowest BCUT2D eigenvalue weighted by Gasteiger charge is -2.54. The van der Waals surface area contributed by atoms with Crippen molar-refractivity contribution in [3.63, 3.8) is 0 Å². The summed E-state index contributed by atoms with van der Waals surface area (Å²) in [5.74, 6) is -1.72. The molecule has 5 atom stereocenters. The summed E-state index contributed by atoms with van der Waals surface area (Å²) in [6.45, 7) is 9.70. The van der Waals surface area contributed by atoms with Gasteiger partial charge in [-0.25, -0.2) is 9.59 Å². The highest BCUT2D eigenvalue weighted by atomic mass is 16.7. The van der Waals surface area contributed by atoms with E-state index in [-0.39, 0.29) is 23.4 Å². The second-order valence-corrected chi connectivity index (χ2v) is 8.23. The maximum atomic E-state index is 12.1. The molecule has 2 aliphatic carbocycles. The minimum atomic E-state index is -1.48. The minimum Gasteiger partial charge on any atom is -0.459 e. The number of aliphatic hydroxyl groups is 1. The van der Waals surface area contributed by atoms with Crippen molar-refractivity contribution in [3.05, 3.63) is 22.8 Å². The lowest BCUT2D eigenvalue weighted by atomic mass is 9.53. The van der Waals surface area contributed by atoms with E-state index < -0.39 is 11.8 Å². The molecule has 3 aliphatic rings. The van der Waals surface area contributed by atoms with Gasteiger partial charge >= 0.3 is 11.9 Å². The molecule has 1 aliphatic heterocycles. The van der Waals surface area contributed by atoms with Crippen LogP contribution < -0.4 is 0 Å². The van der Waals surface area contributed by atoms with Gasteiger partial charge < -0.3 is 14.6 Å². The molecule has 0 aromatic carbocycles. The van der Waals surface area contributed by atoms with Crippen molar-refractivity contribution in [2.24, 2.45) is 17.3 Å². The first-order valence-electron chi connectivity index (χ1n) is 9.10. The Morgan fingerprint density at radius 1 is 1.40 bits per heavy atom. The van der Waals surface area contributed by atoms with Crippen molar-refractivity contribution >= 4 is 11.9 Å². The van der Waals surface area contributed by atoms with E-state index in [1.165, 1.54) is 0 Å². The standard InChI is InChI=1S/C20H28O5/c1-6-11(2)17(21)24-15-7-12(3)19(5)10-16-13(4)18(22)25-20(16,23)9-14(19)8-15/h6,12,14-15,23H,7-10H2,1-5H3. The molecule has 0 spiro atoms. The number of carbonyl (C=O) groups excluding carboxylic acids is 2. The fourth-order valence-corrected chi connectivity index (χ4v) is 4.70. The molecule has 3 rings (SSSR count). The van der Waals surface area contributed by atoms with E-state index in [0.29, 0.717) is 36.3 Å². The molecule has 25 heavy (non-hydrogen) atoms. The molecule has 5 nitrogen and oxygen atoms in total. The lowest BCUT2D eigenvalue weighted by Crippen LogP contribution is -2.52. The van der Waals surface area contributed by atoms with Crippen LogP contribution in [0.25, 0.3) is 0 Å². The molecule has 0 amide bonds. The van der Waals surface area contributed by atoms with Crippen molar-refractivity contribution in [2.45, 2.75) is 72.2 Å². The van der Waals surface area contributed by atoms with E-state index in [1.807, 2.05) is 6.92 Å². The van der Waals surface area contributed by atoms with Gasteiger partial charge in [0.25, 0.3) is 0 Å². The van der Waals surface area contributed by atoms with E-state index in [2.05, 4.69) is 13.8 Å². The Labute approximate surface area is 149 Å². The third-order valence-electron chi connectivity index (χ3n) is 6.82. The number of fused-ring (bicyclic) bond motifs is 2. The van der Waals surface area contributed by atoms with E-state index in [0.717, 1.165) is 12.0 Å². The third kappa shape index (κ3) is 2.82. The molecule has 1 heterocycles. The number of hydrogen-bond donors (Lipinski definition) is 1. The van der Waals surface area contributed by atoms with Crippen LogP contribution in [0.5, 0.6) is 0 Å². The van der Waals surface area contributed by atoms with Gasteiger partial charge in [-0.1, -0.05) is 19.9 Å². The molecule has 5 unspecified atom stereocenters. The quantitative estimate of drug-likeness (QED) is 0.612. The van der Waals surface area contributed by atoms with Crippen LogP contribution in [0, 0.1) is 17.3 Å². The summed E-state index contributed by atoms with van der Waals surface area (Å²) < 4.78 is 11.0. The second-order valence-electron chi connectivity index (χ2n) is 8.23. The van der Waals surface area contributed by atoms with Gasteiger partial charge in [0.15, 0.2) is 0 Å². The number of allylic oxidation sites excluding steroid dienone is 1. The predicted molar refractivity (Wildman–Crippen MR) is 92.3 cm³/mol. The number of carbonyl (C=O) groups is 2. The van der Waals surface area contributed by atoms with Crippen LogP contribution in [-0.2, 0) is 19.1 Å². The molecule has 0 aromatic rings. The van der Waals surface area contributed by atoms with Gasteiger partial charge in [-0.15, -0.1) is 0 Å². The molecular weight excluding hydrogens is 320 g/mol. The van der Waals surface area contributed by atoms with Gasteiger partial charge in [0, 0.05) is 23.1 Å². The zero-order valence-corrected chi connectivity index (χ0v) is 15.7. The molecule has 5 heteroatoms. The van der Waals surface area contributed by atoms with Gasteiger partial charge in [0.05, 0.1) is 0 Å². The summed E-state index contributed by atoms with van der Waals surface area (Å²) in [7, 11) is 0. The summed E-state index contributed by atoms with van der Waals surface area (Å²) in [6.07, 6.45) is 4.11. The third-order valence-corrected chi connectivity index (χ3v) is 6.82. The molecule has 0 aromatic heterocycles. The number of esters is 2. The summed E-state index contributed by atoms with van der Waals surface area (Å²) in [5, 5.41) is 10.9. The second kappa shape index (κ2) is 5.97. The van der Waals surface area contributed by atoms with Crippen LogP contribution in [0.3, 0.4) is 0 Å². The molecule has 0 saturated heterocycles. The minimum absolute atomic E-state index is 0.0324. The molecule has 0 radical (unpaired) electrons.